The Balaban J connectivity index is 1.82. The zero-order valence-electron chi connectivity index (χ0n) is 9.04. The summed E-state index contributed by atoms with van der Waals surface area (Å²) in [5.41, 5.74) is -0.415. The Labute approximate surface area is 86.0 Å². The van der Waals surface area contributed by atoms with Gasteiger partial charge < -0.3 is 9.84 Å². The molecule has 82 valence electrons. The largest absolute Gasteiger partial charge is 0.390 e. The summed E-state index contributed by atoms with van der Waals surface area (Å²) >= 11 is 0. The number of ether oxygens (including phenoxy) is 1. The van der Waals surface area contributed by atoms with Crippen molar-refractivity contribution in [3.05, 3.63) is 0 Å². The summed E-state index contributed by atoms with van der Waals surface area (Å²) < 4.78 is 5.36. The van der Waals surface area contributed by atoms with Crippen molar-refractivity contribution in [1.82, 2.24) is 4.90 Å². The van der Waals surface area contributed by atoms with E-state index in [1.165, 1.54) is 12.8 Å². The molecule has 0 atom stereocenters. The maximum absolute atomic E-state index is 9.84. The van der Waals surface area contributed by atoms with Gasteiger partial charge in [-0.3, -0.25) is 4.90 Å². The molecule has 0 aromatic rings. The molecule has 0 spiro atoms. The molecule has 2 fully saturated rings. The molecule has 0 radical (unpaired) electrons. The highest BCUT2D eigenvalue weighted by Crippen LogP contribution is 2.25. The van der Waals surface area contributed by atoms with Crippen LogP contribution in [0.3, 0.4) is 0 Å². The summed E-state index contributed by atoms with van der Waals surface area (Å²) in [6.45, 7) is 5.89. The SMILES string of the molecule is CC1(O)CCN(C2CCOCC2)CC1. The highest BCUT2D eigenvalue weighted by Gasteiger charge is 2.31. The van der Waals surface area contributed by atoms with Crippen LogP contribution in [0.1, 0.15) is 32.6 Å². The van der Waals surface area contributed by atoms with Crippen LogP contribution in [0.15, 0.2) is 0 Å². The number of hydrogen-bond acceptors (Lipinski definition) is 3. The van der Waals surface area contributed by atoms with Crippen LogP contribution in [0.5, 0.6) is 0 Å². The van der Waals surface area contributed by atoms with Gasteiger partial charge in [0.2, 0.25) is 0 Å². The molecule has 2 aliphatic heterocycles. The first-order valence-corrected chi connectivity index (χ1v) is 5.72. The third-order valence-corrected chi connectivity index (χ3v) is 3.58. The second-order valence-electron chi connectivity index (χ2n) is 4.88. The Morgan fingerprint density at radius 2 is 1.79 bits per heavy atom. The first-order valence-electron chi connectivity index (χ1n) is 5.72. The standard InChI is InChI=1S/C11H21NO2/c1-11(13)4-6-12(7-5-11)10-2-8-14-9-3-10/h10,13H,2-9H2,1H3. The van der Waals surface area contributed by atoms with E-state index in [2.05, 4.69) is 4.90 Å². The van der Waals surface area contributed by atoms with E-state index in [0.717, 1.165) is 39.1 Å². The van der Waals surface area contributed by atoms with Crippen molar-refractivity contribution >= 4 is 0 Å². The van der Waals surface area contributed by atoms with Crippen molar-refractivity contribution in [2.75, 3.05) is 26.3 Å². The van der Waals surface area contributed by atoms with Crippen LogP contribution < -0.4 is 0 Å². The number of piperidine rings is 1. The number of hydrogen-bond donors (Lipinski definition) is 1. The minimum Gasteiger partial charge on any atom is -0.390 e. The Morgan fingerprint density at radius 3 is 2.36 bits per heavy atom. The van der Waals surface area contributed by atoms with Crippen LogP contribution in [-0.2, 0) is 4.74 Å². The van der Waals surface area contributed by atoms with Crippen LogP contribution in [0.25, 0.3) is 0 Å². The maximum atomic E-state index is 9.84. The molecule has 2 heterocycles. The molecular weight excluding hydrogens is 178 g/mol. The van der Waals surface area contributed by atoms with Crippen molar-refractivity contribution in [2.45, 2.75) is 44.2 Å². The predicted molar refractivity (Wildman–Crippen MR) is 55.3 cm³/mol. The second kappa shape index (κ2) is 4.17. The predicted octanol–water partition coefficient (Wildman–Crippen LogP) is 1.01. The molecule has 0 bridgehead atoms. The fourth-order valence-electron chi connectivity index (χ4n) is 2.42. The normalized spacial score (nSPS) is 30.4. The molecule has 0 amide bonds. The minimum atomic E-state index is -0.415. The number of likely N-dealkylation sites (tertiary alicyclic amines) is 1. The molecular formula is C11H21NO2. The molecule has 14 heavy (non-hydrogen) atoms. The lowest BCUT2D eigenvalue weighted by Gasteiger charge is -2.41. The van der Waals surface area contributed by atoms with Crippen LogP contribution in [0, 0.1) is 0 Å². The van der Waals surface area contributed by atoms with E-state index in [1.54, 1.807) is 0 Å². The summed E-state index contributed by atoms with van der Waals surface area (Å²) in [5, 5.41) is 9.84. The highest BCUT2D eigenvalue weighted by atomic mass is 16.5. The second-order valence-corrected chi connectivity index (χ2v) is 4.88. The van der Waals surface area contributed by atoms with E-state index >= 15 is 0 Å². The van der Waals surface area contributed by atoms with Crippen molar-refractivity contribution in [3.8, 4) is 0 Å². The average molecular weight is 199 g/mol. The van der Waals surface area contributed by atoms with Crippen LogP contribution in [0.4, 0.5) is 0 Å². The molecule has 0 aromatic carbocycles. The molecule has 0 saturated carbocycles. The maximum Gasteiger partial charge on any atom is 0.0644 e. The zero-order valence-corrected chi connectivity index (χ0v) is 9.04. The van der Waals surface area contributed by atoms with Crippen molar-refractivity contribution < 1.29 is 9.84 Å². The fraction of sp³-hybridized carbons (Fsp3) is 1.00. The van der Waals surface area contributed by atoms with Gasteiger partial charge in [0.1, 0.15) is 0 Å². The third kappa shape index (κ3) is 2.47. The molecule has 0 aromatic heterocycles. The summed E-state index contributed by atoms with van der Waals surface area (Å²) in [6, 6.07) is 0.708. The van der Waals surface area contributed by atoms with Crippen molar-refractivity contribution in [1.29, 1.82) is 0 Å². The molecule has 0 unspecified atom stereocenters. The number of nitrogens with zero attached hydrogens (tertiary/aromatic N) is 1. The average Bonchev–Trinajstić information content (AvgIpc) is 2.19. The van der Waals surface area contributed by atoms with Crippen LogP contribution >= 0.6 is 0 Å². The van der Waals surface area contributed by atoms with Gasteiger partial charge in [-0.1, -0.05) is 0 Å². The lowest BCUT2D eigenvalue weighted by molar-refractivity contribution is -0.0357. The molecule has 1 N–H and O–H groups in total. The van der Waals surface area contributed by atoms with Crippen molar-refractivity contribution in [3.63, 3.8) is 0 Å². The lowest BCUT2D eigenvalue weighted by atomic mass is 9.92. The lowest BCUT2D eigenvalue weighted by Crippen LogP contribution is -2.48. The smallest absolute Gasteiger partial charge is 0.0644 e. The number of rotatable bonds is 1. The van der Waals surface area contributed by atoms with E-state index in [9.17, 15) is 5.11 Å². The molecule has 3 nitrogen and oxygen atoms in total. The van der Waals surface area contributed by atoms with Gasteiger partial charge >= 0.3 is 0 Å². The monoisotopic (exact) mass is 199 g/mol. The third-order valence-electron chi connectivity index (χ3n) is 3.58. The quantitative estimate of drug-likeness (QED) is 0.684. The Kier molecular flexibility index (Phi) is 3.10. The van der Waals surface area contributed by atoms with Gasteiger partial charge in [-0.25, -0.2) is 0 Å². The Morgan fingerprint density at radius 1 is 1.21 bits per heavy atom. The number of aliphatic hydroxyl groups is 1. The van der Waals surface area contributed by atoms with Gasteiger partial charge in [0.25, 0.3) is 0 Å². The Bertz CT molecular complexity index is 178. The first-order chi connectivity index (χ1) is 6.67. The topological polar surface area (TPSA) is 32.7 Å². The van der Waals surface area contributed by atoms with E-state index in [-0.39, 0.29) is 0 Å². The van der Waals surface area contributed by atoms with Gasteiger partial charge in [-0.15, -0.1) is 0 Å². The zero-order chi connectivity index (χ0) is 10.0. The van der Waals surface area contributed by atoms with Crippen LogP contribution in [0.2, 0.25) is 0 Å². The van der Waals surface area contributed by atoms with E-state index in [1.807, 2.05) is 6.92 Å². The minimum absolute atomic E-state index is 0.415. The highest BCUT2D eigenvalue weighted by molar-refractivity contribution is 4.85. The summed E-state index contributed by atoms with van der Waals surface area (Å²) in [6.07, 6.45) is 4.18. The summed E-state index contributed by atoms with van der Waals surface area (Å²) in [7, 11) is 0. The molecule has 2 aliphatic rings. The van der Waals surface area contributed by atoms with E-state index in [4.69, 9.17) is 4.74 Å². The van der Waals surface area contributed by atoms with Crippen molar-refractivity contribution in [2.24, 2.45) is 0 Å². The van der Waals surface area contributed by atoms with Gasteiger partial charge in [-0.2, -0.15) is 0 Å². The summed E-state index contributed by atoms with van der Waals surface area (Å²) in [5.74, 6) is 0. The van der Waals surface area contributed by atoms with E-state index < -0.39 is 5.60 Å². The first kappa shape index (κ1) is 10.4. The molecule has 2 saturated heterocycles. The molecule has 2 rings (SSSR count). The van der Waals surface area contributed by atoms with E-state index in [0.29, 0.717) is 6.04 Å². The van der Waals surface area contributed by atoms with Gasteiger partial charge in [-0.05, 0) is 32.6 Å². The molecule has 0 aliphatic carbocycles. The summed E-state index contributed by atoms with van der Waals surface area (Å²) in [4.78, 5) is 2.53. The van der Waals surface area contributed by atoms with Gasteiger partial charge in [0.05, 0.1) is 5.60 Å². The molecule has 3 heteroatoms. The van der Waals surface area contributed by atoms with Gasteiger partial charge in [0, 0.05) is 32.3 Å². The Hall–Kier alpha value is -0.120. The van der Waals surface area contributed by atoms with Gasteiger partial charge in [0.15, 0.2) is 0 Å². The fourth-order valence-corrected chi connectivity index (χ4v) is 2.42. The van der Waals surface area contributed by atoms with Crippen LogP contribution in [-0.4, -0.2) is 48.0 Å².